The molecule has 2 heterocycles. The van der Waals surface area contributed by atoms with Gasteiger partial charge >= 0.3 is 0 Å². The molecule has 3 heteroatoms. The lowest BCUT2D eigenvalue weighted by Gasteiger charge is -2.48. The van der Waals surface area contributed by atoms with Crippen LogP contribution in [0.3, 0.4) is 0 Å². The van der Waals surface area contributed by atoms with E-state index in [9.17, 15) is 0 Å². The molecule has 0 amide bonds. The van der Waals surface area contributed by atoms with Crippen LogP contribution in [-0.2, 0) is 6.54 Å². The van der Waals surface area contributed by atoms with Crippen LogP contribution >= 0.6 is 0 Å². The van der Waals surface area contributed by atoms with Crippen molar-refractivity contribution in [3.05, 3.63) is 30.1 Å². The summed E-state index contributed by atoms with van der Waals surface area (Å²) in [6, 6.07) is 4.91. The lowest BCUT2D eigenvalue weighted by Crippen LogP contribution is -2.62. The maximum absolute atomic E-state index is 4.11. The number of pyridine rings is 1. The summed E-state index contributed by atoms with van der Waals surface area (Å²) >= 11 is 0. The van der Waals surface area contributed by atoms with Gasteiger partial charge < -0.3 is 5.32 Å². The zero-order valence-corrected chi connectivity index (χ0v) is 12.5. The molecule has 1 aliphatic heterocycles. The third-order valence-electron chi connectivity index (χ3n) is 4.50. The van der Waals surface area contributed by atoms with E-state index in [-0.39, 0.29) is 5.54 Å². The van der Waals surface area contributed by atoms with Crippen molar-refractivity contribution >= 4 is 0 Å². The number of hydrogen-bond donors (Lipinski definition) is 1. The summed E-state index contributed by atoms with van der Waals surface area (Å²) in [5.74, 6) is 0. The highest BCUT2D eigenvalue weighted by Gasteiger charge is 2.35. The fourth-order valence-corrected chi connectivity index (χ4v) is 2.88. The average molecular weight is 261 g/mol. The van der Waals surface area contributed by atoms with Crippen LogP contribution in [0.2, 0.25) is 0 Å². The Morgan fingerprint density at radius 2 is 2.11 bits per heavy atom. The minimum atomic E-state index is 0.271. The lowest BCUT2D eigenvalue weighted by atomic mass is 9.90. The summed E-state index contributed by atoms with van der Waals surface area (Å²) < 4.78 is 0. The van der Waals surface area contributed by atoms with E-state index >= 15 is 0 Å². The fourth-order valence-electron chi connectivity index (χ4n) is 2.88. The van der Waals surface area contributed by atoms with Gasteiger partial charge in [-0.2, -0.15) is 0 Å². The summed E-state index contributed by atoms with van der Waals surface area (Å²) in [5, 5.41) is 3.72. The van der Waals surface area contributed by atoms with E-state index in [0.29, 0.717) is 6.04 Å². The zero-order chi connectivity index (χ0) is 13.7. The van der Waals surface area contributed by atoms with Crippen LogP contribution in [0.15, 0.2) is 24.5 Å². The molecule has 2 rings (SSSR count). The van der Waals surface area contributed by atoms with Crippen LogP contribution < -0.4 is 5.32 Å². The highest BCUT2D eigenvalue weighted by molar-refractivity contribution is 5.11. The lowest BCUT2D eigenvalue weighted by molar-refractivity contribution is 0.0396. The first kappa shape index (κ1) is 14.5. The van der Waals surface area contributed by atoms with Gasteiger partial charge in [0.2, 0.25) is 0 Å². The van der Waals surface area contributed by atoms with Crippen LogP contribution in [0, 0.1) is 0 Å². The van der Waals surface area contributed by atoms with Gasteiger partial charge in [0.1, 0.15) is 0 Å². The monoisotopic (exact) mass is 261 g/mol. The van der Waals surface area contributed by atoms with Crippen molar-refractivity contribution in [3.63, 3.8) is 0 Å². The number of nitrogens with one attached hydrogen (secondary N) is 1. The van der Waals surface area contributed by atoms with Gasteiger partial charge in [0.15, 0.2) is 0 Å². The van der Waals surface area contributed by atoms with Gasteiger partial charge in [0, 0.05) is 43.6 Å². The quantitative estimate of drug-likeness (QED) is 0.883. The second kappa shape index (κ2) is 6.49. The van der Waals surface area contributed by atoms with Gasteiger partial charge in [-0.3, -0.25) is 9.88 Å². The highest BCUT2D eigenvalue weighted by atomic mass is 15.3. The van der Waals surface area contributed by atoms with E-state index in [1.807, 2.05) is 12.4 Å². The smallest absolute Gasteiger partial charge is 0.0307 e. The van der Waals surface area contributed by atoms with Gasteiger partial charge in [0.25, 0.3) is 0 Å². The van der Waals surface area contributed by atoms with Crippen molar-refractivity contribution in [2.24, 2.45) is 0 Å². The molecule has 0 aromatic carbocycles. The number of piperazine rings is 1. The van der Waals surface area contributed by atoms with Gasteiger partial charge in [0.05, 0.1) is 0 Å². The fraction of sp³-hybridized carbons (Fsp3) is 0.688. The molecule has 0 spiro atoms. The predicted molar refractivity (Wildman–Crippen MR) is 80.0 cm³/mol. The molecule has 1 aromatic heterocycles. The van der Waals surface area contributed by atoms with Crippen molar-refractivity contribution in [2.45, 2.75) is 58.2 Å². The molecule has 1 N–H and O–H groups in total. The number of aromatic nitrogens is 1. The van der Waals surface area contributed by atoms with Crippen molar-refractivity contribution in [2.75, 3.05) is 13.1 Å². The number of nitrogens with zero attached hydrogens (tertiary/aromatic N) is 2. The molecular weight excluding hydrogens is 234 g/mol. The van der Waals surface area contributed by atoms with Gasteiger partial charge in [-0.05, 0) is 37.5 Å². The summed E-state index contributed by atoms with van der Waals surface area (Å²) in [6.45, 7) is 10.2. The van der Waals surface area contributed by atoms with Crippen molar-refractivity contribution in [3.8, 4) is 0 Å². The standard InChI is InChI=1S/C16H27N3/c1-4-6-15-12-19(16(3,5-2)13-18-15)11-14-7-9-17-10-8-14/h7-10,15,18H,4-6,11-13H2,1-3H3. The van der Waals surface area contributed by atoms with E-state index < -0.39 is 0 Å². The van der Waals surface area contributed by atoms with Crippen molar-refractivity contribution < 1.29 is 0 Å². The summed E-state index contributed by atoms with van der Waals surface area (Å²) in [7, 11) is 0. The highest BCUT2D eigenvalue weighted by Crippen LogP contribution is 2.25. The van der Waals surface area contributed by atoms with Crippen molar-refractivity contribution in [1.82, 2.24) is 15.2 Å². The van der Waals surface area contributed by atoms with Crippen molar-refractivity contribution in [1.29, 1.82) is 0 Å². The molecule has 1 fully saturated rings. The molecular formula is C16H27N3. The van der Waals surface area contributed by atoms with Gasteiger partial charge in [-0.15, -0.1) is 0 Å². The minimum absolute atomic E-state index is 0.271. The molecule has 1 aromatic rings. The van der Waals surface area contributed by atoms with Gasteiger partial charge in [-0.25, -0.2) is 0 Å². The van der Waals surface area contributed by atoms with Crippen LogP contribution in [0.5, 0.6) is 0 Å². The molecule has 0 saturated carbocycles. The predicted octanol–water partition coefficient (Wildman–Crippen LogP) is 2.82. The molecule has 2 unspecified atom stereocenters. The Morgan fingerprint density at radius 1 is 1.37 bits per heavy atom. The molecule has 3 nitrogen and oxygen atoms in total. The second-order valence-corrected chi connectivity index (χ2v) is 5.95. The molecule has 0 aliphatic carbocycles. The molecule has 2 atom stereocenters. The van der Waals surface area contributed by atoms with E-state index in [1.54, 1.807) is 0 Å². The Morgan fingerprint density at radius 3 is 2.74 bits per heavy atom. The first-order chi connectivity index (χ1) is 9.18. The Bertz CT molecular complexity index is 379. The first-order valence-corrected chi connectivity index (χ1v) is 7.55. The minimum Gasteiger partial charge on any atom is -0.311 e. The molecule has 106 valence electrons. The molecule has 1 aliphatic rings. The normalized spacial score (nSPS) is 28.5. The van der Waals surface area contributed by atoms with Crippen LogP contribution in [-0.4, -0.2) is 34.6 Å². The Hall–Kier alpha value is -0.930. The number of rotatable bonds is 5. The van der Waals surface area contributed by atoms with Crippen LogP contribution in [0.25, 0.3) is 0 Å². The maximum atomic E-state index is 4.11. The summed E-state index contributed by atoms with van der Waals surface area (Å²) in [4.78, 5) is 6.76. The summed E-state index contributed by atoms with van der Waals surface area (Å²) in [6.07, 6.45) is 7.49. The molecule has 1 saturated heterocycles. The van der Waals surface area contributed by atoms with Crippen LogP contribution in [0.4, 0.5) is 0 Å². The SMILES string of the molecule is CCCC1CN(Cc2ccncc2)C(C)(CC)CN1. The molecule has 19 heavy (non-hydrogen) atoms. The van der Waals surface area contributed by atoms with E-state index in [0.717, 1.165) is 19.6 Å². The van der Waals surface area contributed by atoms with Crippen LogP contribution in [0.1, 0.15) is 45.6 Å². The Balaban J connectivity index is 2.07. The Labute approximate surface area is 117 Å². The Kier molecular flexibility index (Phi) is 4.94. The van der Waals surface area contributed by atoms with Gasteiger partial charge in [-0.1, -0.05) is 20.3 Å². The zero-order valence-electron chi connectivity index (χ0n) is 12.5. The topological polar surface area (TPSA) is 28.2 Å². The molecule has 0 radical (unpaired) electrons. The first-order valence-electron chi connectivity index (χ1n) is 7.55. The maximum Gasteiger partial charge on any atom is 0.0307 e. The van der Waals surface area contributed by atoms with E-state index in [2.05, 4.69) is 48.1 Å². The second-order valence-electron chi connectivity index (χ2n) is 5.95. The third kappa shape index (κ3) is 3.54. The third-order valence-corrected chi connectivity index (χ3v) is 4.50. The molecule has 0 bridgehead atoms. The summed E-state index contributed by atoms with van der Waals surface area (Å²) in [5.41, 5.74) is 1.64. The largest absolute Gasteiger partial charge is 0.311 e. The van der Waals surface area contributed by atoms with E-state index in [1.165, 1.54) is 24.8 Å². The number of hydrogen-bond acceptors (Lipinski definition) is 3. The average Bonchev–Trinajstić information content (AvgIpc) is 2.44. The van der Waals surface area contributed by atoms with E-state index in [4.69, 9.17) is 0 Å².